The van der Waals surface area contributed by atoms with Crippen molar-refractivity contribution in [3.8, 4) is 5.75 Å². The van der Waals surface area contributed by atoms with Crippen molar-refractivity contribution in [1.82, 2.24) is 5.32 Å². The van der Waals surface area contributed by atoms with Crippen molar-refractivity contribution < 1.29 is 9.47 Å². The van der Waals surface area contributed by atoms with Crippen LogP contribution in [-0.4, -0.2) is 25.9 Å². The molecule has 0 saturated heterocycles. The number of nitrogens with one attached hydrogen (secondary N) is 1. The van der Waals surface area contributed by atoms with E-state index in [4.69, 9.17) is 9.47 Å². The van der Waals surface area contributed by atoms with E-state index in [-0.39, 0.29) is 5.60 Å². The number of hydrogen-bond donors (Lipinski definition) is 1. The van der Waals surface area contributed by atoms with Crippen LogP contribution in [0.1, 0.15) is 38.2 Å². The Kier molecular flexibility index (Phi) is 5.23. The third kappa shape index (κ3) is 3.95. The van der Waals surface area contributed by atoms with E-state index in [9.17, 15) is 0 Å². The summed E-state index contributed by atoms with van der Waals surface area (Å²) in [6.07, 6.45) is 4.70. The van der Waals surface area contributed by atoms with Gasteiger partial charge in [0.2, 0.25) is 0 Å². The van der Waals surface area contributed by atoms with Crippen molar-refractivity contribution in [2.75, 3.05) is 20.3 Å². The molecule has 1 fully saturated rings. The molecule has 0 radical (unpaired) electrons. The lowest BCUT2D eigenvalue weighted by Gasteiger charge is -2.40. The lowest BCUT2D eigenvalue weighted by Crippen LogP contribution is -2.47. The van der Waals surface area contributed by atoms with Crippen molar-refractivity contribution in [3.63, 3.8) is 0 Å². The highest BCUT2D eigenvalue weighted by molar-refractivity contribution is 5.27. The fraction of sp³-hybridized carbons (Fsp3) is 0.625. The molecule has 1 aromatic carbocycles. The predicted octanol–water partition coefficient (Wildman–Crippen LogP) is 3.13. The van der Waals surface area contributed by atoms with Crippen molar-refractivity contribution in [3.05, 3.63) is 29.8 Å². The summed E-state index contributed by atoms with van der Waals surface area (Å²) in [5, 5.41) is 3.49. The van der Waals surface area contributed by atoms with Gasteiger partial charge in [0.15, 0.2) is 0 Å². The van der Waals surface area contributed by atoms with Gasteiger partial charge in [-0.2, -0.15) is 0 Å². The summed E-state index contributed by atoms with van der Waals surface area (Å²) in [5.41, 5.74) is 1.39. The number of rotatable bonds is 8. The Balaban J connectivity index is 1.73. The lowest BCUT2D eigenvalue weighted by atomic mass is 9.80. The van der Waals surface area contributed by atoms with Gasteiger partial charge in [0.1, 0.15) is 5.75 Å². The molecule has 19 heavy (non-hydrogen) atoms. The molecule has 0 unspecified atom stereocenters. The number of benzene rings is 1. The molecule has 0 aromatic heterocycles. The van der Waals surface area contributed by atoms with Gasteiger partial charge in [-0.1, -0.05) is 19.1 Å². The van der Waals surface area contributed by atoms with Crippen LogP contribution in [0.5, 0.6) is 5.75 Å². The second-order valence-corrected chi connectivity index (χ2v) is 5.34. The van der Waals surface area contributed by atoms with Crippen LogP contribution in [0.15, 0.2) is 24.3 Å². The van der Waals surface area contributed by atoms with E-state index in [0.717, 1.165) is 31.9 Å². The van der Waals surface area contributed by atoms with E-state index in [1.54, 1.807) is 0 Å². The molecule has 0 spiro atoms. The molecule has 106 valence electrons. The maximum Gasteiger partial charge on any atom is 0.119 e. The monoisotopic (exact) mass is 263 g/mol. The van der Waals surface area contributed by atoms with Crippen LogP contribution in [0.2, 0.25) is 0 Å². The Morgan fingerprint density at radius 3 is 2.47 bits per heavy atom. The summed E-state index contributed by atoms with van der Waals surface area (Å²) in [4.78, 5) is 0. The minimum Gasteiger partial charge on any atom is -0.494 e. The van der Waals surface area contributed by atoms with Crippen molar-refractivity contribution in [1.29, 1.82) is 0 Å². The molecule has 1 aromatic rings. The van der Waals surface area contributed by atoms with Crippen LogP contribution in [0, 0.1) is 0 Å². The van der Waals surface area contributed by atoms with E-state index in [1.165, 1.54) is 24.8 Å². The summed E-state index contributed by atoms with van der Waals surface area (Å²) in [6.45, 7) is 4.73. The maximum absolute atomic E-state index is 5.59. The first-order valence-electron chi connectivity index (χ1n) is 7.25. The zero-order valence-electron chi connectivity index (χ0n) is 12.1. The number of methoxy groups -OCH3 is 1. The molecule has 2 rings (SSSR count). The highest BCUT2D eigenvalue weighted by atomic mass is 16.5. The van der Waals surface area contributed by atoms with Gasteiger partial charge < -0.3 is 14.8 Å². The van der Waals surface area contributed by atoms with Gasteiger partial charge in [-0.25, -0.2) is 0 Å². The predicted molar refractivity (Wildman–Crippen MR) is 77.5 cm³/mol. The summed E-state index contributed by atoms with van der Waals surface area (Å²) < 4.78 is 11.2. The fourth-order valence-corrected chi connectivity index (χ4v) is 2.38. The van der Waals surface area contributed by atoms with Crippen LogP contribution in [-0.2, 0) is 11.3 Å². The molecule has 0 aliphatic heterocycles. The molecule has 1 N–H and O–H groups in total. The van der Waals surface area contributed by atoms with E-state index in [1.807, 2.05) is 19.2 Å². The maximum atomic E-state index is 5.59. The first-order valence-corrected chi connectivity index (χ1v) is 7.25. The van der Waals surface area contributed by atoms with E-state index >= 15 is 0 Å². The highest BCUT2D eigenvalue weighted by Crippen LogP contribution is 2.34. The third-order valence-corrected chi connectivity index (χ3v) is 3.87. The van der Waals surface area contributed by atoms with Gasteiger partial charge in [-0.05, 0) is 43.4 Å². The van der Waals surface area contributed by atoms with Gasteiger partial charge in [0, 0.05) is 20.2 Å². The number of hydrogen-bond acceptors (Lipinski definition) is 3. The van der Waals surface area contributed by atoms with Gasteiger partial charge in [0.05, 0.1) is 12.2 Å². The van der Waals surface area contributed by atoms with Crippen LogP contribution >= 0.6 is 0 Å². The second kappa shape index (κ2) is 6.92. The van der Waals surface area contributed by atoms with E-state index in [2.05, 4.69) is 24.4 Å². The smallest absolute Gasteiger partial charge is 0.119 e. The SMILES string of the molecule is CCCOc1ccc(CNCC2(OC)CCC2)cc1. The molecule has 3 heteroatoms. The van der Waals surface area contributed by atoms with Crippen LogP contribution in [0.4, 0.5) is 0 Å². The highest BCUT2D eigenvalue weighted by Gasteiger charge is 2.36. The van der Waals surface area contributed by atoms with Crippen molar-refractivity contribution >= 4 is 0 Å². The van der Waals surface area contributed by atoms with E-state index in [0.29, 0.717) is 0 Å². The molecule has 0 atom stereocenters. The summed E-state index contributed by atoms with van der Waals surface area (Å²) >= 11 is 0. The average molecular weight is 263 g/mol. The van der Waals surface area contributed by atoms with Crippen molar-refractivity contribution in [2.24, 2.45) is 0 Å². The molecule has 0 heterocycles. The molecular formula is C16H25NO2. The standard InChI is InChI=1S/C16H25NO2/c1-3-11-19-15-7-5-14(6-8-15)12-17-13-16(18-2)9-4-10-16/h5-8,17H,3-4,9-13H2,1-2H3. The third-order valence-electron chi connectivity index (χ3n) is 3.87. The van der Waals surface area contributed by atoms with Gasteiger partial charge in [-0.3, -0.25) is 0 Å². The molecule has 1 aliphatic carbocycles. The zero-order chi connectivity index (χ0) is 13.6. The Labute approximate surface area is 116 Å². The minimum absolute atomic E-state index is 0.101. The molecule has 1 aliphatic rings. The summed E-state index contributed by atoms with van der Waals surface area (Å²) in [6, 6.07) is 8.33. The fourth-order valence-electron chi connectivity index (χ4n) is 2.38. The quantitative estimate of drug-likeness (QED) is 0.781. The molecule has 1 saturated carbocycles. The number of ether oxygens (including phenoxy) is 2. The summed E-state index contributed by atoms with van der Waals surface area (Å²) in [7, 11) is 1.82. The van der Waals surface area contributed by atoms with Gasteiger partial charge >= 0.3 is 0 Å². The van der Waals surface area contributed by atoms with Gasteiger partial charge in [0.25, 0.3) is 0 Å². The average Bonchev–Trinajstić information content (AvgIpc) is 2.41. The van der Waals surface area contributed by atoms with Gasteiger partial charge in [-0.15, -0.1) is 0 Å². The van der Waals surface area contributed by atoms with E-state index < -0.39 is 0 Å². The molecule has 3 nitrogen and oxygen atoms in total. The van der Waals surface area contributed by atoms with Crippen LogP contribution in [0.25, 0.3) is 0 Å². The lowest BCUT2D eigenvalue weighted by molar-refractivity contribution is -0.0695. The second-order valence-electron chi connectivity index (χ2n) is 5.34. The first-order chi connectivity index (χ1) is 9.28. The topological polar surface area (TPSA) is 30.5 Å². The van der Waals surface area contributed by atoms with Crippen molar-refractivity contribution in [2.45, 2.75) is 44.8 Å². The Hall–Kier alpha value is -1.06. The largest absolute Gasteiger partial charge is 0.494 e. The zero-order valence-corrected chi connectivity index (χ0v) is 12.1. The molecular weight excluding hydrogens is 238 g/mol. The van der Waals surface area contributed by atoms with Crippen LogP contribution in [0.3, 0.4) is 0 Å². The molecule has 0 bridgehead atoms. The Morgan fingerprint density at radius 1 is 1.21 bits per heavy atom. The summed E-state index contributed by atoms with van der Waals surface area (Å²) in [5.74, 6) is 0.956. The normalized spacial score (nSPS) is 16.9. The molecule has 0 amide bonds. The Bertz CT molecular complexity index is 365. The minimum atomic E-state index is 0.101. The Morgan fingerprint density at radius 2 is 1.95 bits per heavy atom. The first kappa shape index (κ1) is 14.4. The van der Waals surface area contributed by atoms with Crippen LogP contribution < -0.4 is 10.1 Å².